The summed E-state index contributed by atoms with van der Waals surface area (Å²) in [5.74, 6) is 1.32. The van der Waals surface area contributed by atoms with E-state index < -0.39 is 0 Å². The van der Waals surface area contributed by atoms with Crippen LogP contribution in [-0.2, 0) is 17.3 Å². The van der Waals surface area contributed by atoms with E-state index in [-0.39, 0.29) is 10.8 Å². The lowest BCUT2D eigenvalue weighted by atomic mass is 9.74. The Morgan fingerprint density at radius 2 is 1.66 bits per heavy atom. The van der Waals surface area contributed by atoms with Crippen molar-refractivity contribution < 1.29 is 4.74 Å². The van der Waals surface area contributed by atoms with Gasteiger partial charge >= 0.3 is 6.01 Å². The number of ether oxygens (including phenoxy) is 1. The molecule has 2 aromatic heterocycles. The smallest absolute Gasteiger partial charge is 0.320 e. The van der Waals surface area contributed by atoms with E-state index in [1.54, 1.807) is 11.3 Å². The zero-order chi connectivity index (χ0) is 27.8. The number of rotatable bonds is 6. The van der Waals surface area contributed by atoms with Gasteiger partial charge in [0.05, 0.1) is 5.56 Å². The van der Waals surface area contributed by atoms with E-state index in [0.717, 1.165) is 57.2 Å². The van der Waals surface area contributed by atoms with Crippen LogP contribution in [0.15, 0.2) is 30.3 Å². The molecule has 3 saturated heterocycles. The summed E-state index contributed by atoms with van der Waals surface area (Å²) < 4.78 is 6.40. The number of hydrogen-bond acceptors (Lipinski definition) is 10. The zero-order valence-corrected chi connectivity index (χ0v) is 23.7. The molecule has 3 aliphatic heterocycles. The fraction of sp³-hybridized carbons (Fsp3) is 0.484. The standard InChI is InChI=1S/C31H32N8OS/c32-12-22-25-24(41-26(22)34)8-9-31(25)16-39(17-31)28-23(13-33)27(38-14-20-6-7-21(15-38)35-20)36-29(37-28)40-18-30(10-11-30)19-4-2-1-3-5-19/h1-5,20-21,35H,6-11,14-18,34H2. The summed E-state index contributed by atoms with van der Waals surface area (Å²) in [7, 11) is 0. The molecule has 2 atom stereocenters. The van der Waals surface area contributed by atoms with Crippen LogP contribution in [0.25, 0.3) is 0 Å². The molecule has 10 heteroatoms. The van der Waals surface area contributed by atoms with Gasteiger partial charge in [-0.15, -0.1) is 11.3 Å². The maximum atomic E-state index is 10.5. The molecule has 2 unspecified atom stereocenters. The first-order valence-electron chi connectivity index (χ1n) is 14.6. The zero-order valence-electron chi connectivity index (χ0n) is 22.9. The van der Waals surface area contributed by atoms with Gasteiger partial charge in [-0.3, -0.25) is 0 Å². The van der Waals surface area contributed by atoms with Gasteiger partial charge in [0.25, 0.3) is 0 Å². The average molecular weight is 565 g/mol. The van der Waals surface area contributed by atoms with Crippen LogP contribution < -0.4 is 25.6 Å². The monoisotopic (exact) mass is 564 g/mol. The molecule has 3 N–H and O–H groups in total. The van der Waals surface area contributed by atoms with E-state index in [2.05, 4.69) is 51.5 Å². The molecule has 41 heavy (non-hydrogen) atoms. The molecule has 0 radical (unpaired) electrons. The summed E-state index contributed by atoms with van der Waals surface area (Å²) in [6, 6.07) is 16.5. The molecule has 4 fully saturated rings. The van der Waals surface area contributed by atoms with Crippen LogP contribution in [0.5, 0.6) is 6.01 Å². The van der Waals surface area contributed by atoms with Gasteiger partial charge < -0.3 is 25.6 Å². The van der Waals surface area contributed by atoms with E-state index >= 15 is 0 Å². The number of fused-ring (bicyclic) bond motifs is 4. The maximum absolute atomic E-state index is 10.5. The third-order valence-electron chi connectivity index (χ3n) is 9.96. The predicted molar refractivity (Wildman–Crippen MR) is 157 cm³/mol. The molecule has 0 amide bonds. The highest BCUT2D eigenvalue weighted by Gasteiger charge is 2.52. The van der Waals surface area contributed by atoms with Crippen LogP contribution in [0.3, 0.4) is 0 Å². The highest BCUT2D eigenvalue weighted by atomic mass is 32.1. The Kier molecular flexibility index (Phi) is 5.51. The van der Waals surface area contributed by atoms with Gasteiger partial charge in [-0.1, -0.05) is 30.3 Å². The average Bonchev–Trinajstić information content (AvgIpc) is 3.44. The highest BCUT2D eigenvalue weighted by Crippen LogP contribution is 2.53. The van der Waals surface area contributed by atoms with Gasteiger partial charge in [0.15, 0.2) is 11.6 Å². The summed E-state index contributed by atoms with van der Waals surface area (Å²) in [5, 5.41) is 24.6. The molecule has 1 spiro atoms. The Labute approximate surface area is 243 Å². The second kappa shape index (κ2) is 9.07. The third kappa shape index (κ3) is 3.88. The summed E-state index contributed by atoms with van der Waals surface area (Å²) >= 11 is 1.55. The second-order valence-corrected chi connectivity index (χ2v) is 13.6. The van der Waals surface area contributed by atoms with E-state index in [4.69, 9.17) is 20.4 Å². The topological polar surface area (TPSA) is 127 Å². The SMILES string of the molecule is N#Cc1c(N2CC3CCC(C2)N3)nc(OCC2(c3ccccc3)CC2)nc1N1CC2(CCc3sc(N)c(C#N)c32)C1. The van der Waals surface area contributed by atoms with Gasteiger partial charge in [-0.2, -0.15) is 20.5 Å². The van der Waals surface area contributed by atoms with E-state index in [1.807, 2.05) is 6.07 Å². The number of piperazine rings is 1. The van der Waals surface area contributed by atoms with Crippen LogP contribution in [0, 0.1) is 22.7 Å². The molecule has 9 nitrogen and oxygen atoms in total. The van der Waals surface area contributed by atoms with Gasteiger partial charge in [0.1, 0.15) is 29.3 Å². The molecule has 2 aliphatic carbocycles. The number of aromatic nitrogens is 2. The van der Waals surface area contributed by atoms with E-state index in [1.165, 1.54) is 10.4 Å². The van der Waals surface area contributed by atoms with Gasteiger partial charge in [0.2, 0.25) is 0 Å². The Balaban J connectivity index is 1.13. The molecule has 208 valence electrons. The molecular weight excluding hydrogens is 532 g/mol. The van der Waals surface area contributed by atoms with Crippen LogP contribution in [0.2, 0.25) is 0 Å². The van der Waals surface area contributed by atoms with Gasteiger partial charge in [-0.05, 0) is 49.7 Å². The van der Waals surface area contributed by atoms with Crippen LogP contribution in [0.4, 0.5) is 16.6 Å². The number of anilines is 3. The Bertz CT molecular complexity index is 1600. The summed E-state index contributed by atoms with van der Waals surface area (Å²) in [4.78, 5) is 15.5. The van der Waals surface area contributed by atoms with Crippen LogP contribution >= 0.6 is 11.3 Å². The number of nitrogen functional groups attached to an aromatic ring is 1. The number of nitriles is 2. The van der Waals surface area contributed by atoms with Crippen molar-refractivity contribution in [3.63, 3.8) is 0 Å². The maximum Gasteiger partial charge on any atom is 0.320 e. The molecule has 1 aromatic carbocycles. The largest absolute Gasteiger partial charge is 0.462 e. The quantitative estimate of drug-likeness (QED) is 0.461. The first-order chi connectivity index (χ1) is 20.0. The van der Waals surface area contributed by atoms with Crippen molar-refractivity contribution in [1.29, 1.82) is 10.5 Å². The fourth-order valence-corrected chi connectivity index (χ4v) is 8.79. The van der Waals surface area contributed by atoms with E-state index in [9.17, 15) is 10.5 Å². The minimum absolute atomic E-state index is 0.000632. The van der Waals surface area contributed by atoms with E-state index in [0.29, 0.717) is 65.6 Å². The van der Waals surface area contributed by atoms with Crippen LogP contribution in [-0.4, -0.2) is 54.8 Å². The number of nitrogens with zero attached hydrogens (tertiary/aromatic N) is 6. The molecule has 1 saturated carbocycles. The first kappa shape index (κ1) is 24.9. The molecule has 5 heterocycles. The number of aryl methyl sites for hydroxylation is 1. The van der Waals surface area contributed by atoms with Crippen molar-refractivity contribution in [3.8, 4) is 18.1 Å². The van der Waals surface area contributed by atoms with Crippen molar-refractivity contribution in [1.82, 2.24) is 15.3 Å². The van der Waals surface area contributed by atoms with Crippen molar-refractivity contribution in [2.75, 3.05) is 48.3 Å². The van der Waals surface area contributed by atoms with Crippen molar-refractivity contribution in [2.24, 2.45) is 0 Å². The number of nitrogens with two attached hydrogens (primary N) is 1. The summed E-state index contributed by atoms with van der Waals surface area (Å²) in [6.45, 7) is 3.57. The Morgan fingerprint density at radius 3 is 2.32 bits per heavy atom. The lowest BCUT2D eigenvalue weighted by Crippen LogP contribution is -2.59. The normalized spacial score (nSPS) is 24.4. The Morgan fingerprint density at radius 1 is 0.976 bits per heavy atom. The second-order valence-electron chi connectivity index (χ2n) is 12.5. The number of thiophene rings is 1. The summed E-state index contributed by atoms with van der Waals surface area (Å²) in [6.07, 6.45) is 6.38. The highest BCUT2D eigenvalue weighted by molar-refractivity contribution is 7.16. The Hall–Kier alpha value is -3.86. The van der Waals surface area contributed by atoms with Crippen molar-refractivity contribution in [3.05, 3.63) is 57.5 Å². The molecule has 2 bridgehead atoms. The molecule has 3 aromatic rings. The summed E-state index contributed by atoms with van der Waals surface area (Å²) in [5.41, 5.74) is 9.66. The molecule has 8 rings (SSSR count). The minimum Gasteiger partial charge on any atom is -0.462 e. The predicted octanol–water partition coefficient (Wildman–Crippen LogP) is 3.62. The van der Waals surface area contributed by atoms with Gasteiger partial charge in [0, 0.05) is 54.0 Å². The lowest BCUT2D eigenvalue weighted by Gasteiger charge is -2.49. The fourth-order valence-electron chi connectivity index (χ4n) is 7.65. The minimum atomic E-state index is -0.118. The molecular formula is C31H32N8OS. The number of hydrogen-bond donors (Lipinski definition) is 2. The third-order valence-corrected chi connectivity index (χ3v) is 11.0. The molecule has 5 aliphatic rings. The lowest BCUT2D eigenvalue weighted by molar-refractivity contribution is 0.255. The van der Waals surface area contributed by atoms with Crippen molar-refractivity contribution >= 4 is 28.0 Å². The van der Waals surface area contributed by atoms with Crippen molar-refractivity contribution in [2.45, 2.75) is 61.4 Å². The van der Waals surface area contributed by atoms with Crippen LogP contribution in [0.1, 0.15) is 59.2 Å². The number of nitrogens with one attached hydrogen (secondary N) is 1. The first-order valence-corrected chi connectivity index (χ1v) is 15.4. The number of benzene rings is 1. The van der Waals surface area contributed by atoms with Gasteiger partial charge in [-0.25, -0.2) is 0 Å².